The number of urea groups is 1. The van der Waals surface area contributed by atoms with Crippen LogP contribution in [0.4, 0.5) is 9.18 Å². The Morgan fingerprint density at radius 1 is 1.35 bits per heavy atom. The number of nitrogens with one attached hydrogen (secondary N) is 2. The van der Waals surface area contributed by atoms with Gasteiger partial charge in [0.2, 0.25) is 0 Å². The number of rotatable bonds is 6. The van der Waals surface area contributed by atoms with E-state index in [0.29, 0.717) is 12.0 Å². The van der Waals surface area contributed by atoms with E-state index in [1.165, 1.54) is 12.1 Å². The fourth-order valence-corrected chi connectivity index (χ4v) is 1.73. The van der Waals surface area contributed by atoms with Gasteiger partial charge in [0.15, 0.2) is 0 Å². The minimum Gasteiger partial charge on any atom is -0.480 e. The third kappa shape index (κ3) is 5.69. The summed E-state index contributed by atoms with van der Waals surface area (Å²) in [4.78, 5) is 22.6. The first-order valence-corrected chi connectivity index (χ1v) is 6.40. The number of benzene rings is 1. The second-order valence-electron chi connectivity index (χ2n) is 4.98. The fraction of sp³-hybridized carbons (Fsp3) is 0.429. The van der Waals surface area contributed by atoms with Gasteiger partial charge in [0.25, 0.3) is 0 Å². The van der Waals surface area contributed by atoms with Gasteiger partial charge in [-0.3, -0.25) is 0 Å². The van der Waals surface area contributed by atoms with E-state index in [-0.39, 0.29) is 18.3 Å². The Balaban J connectivity index is 2.47. The summed E-state index contributed by atoms with van der Waals surface area (Å²) in [5.41, 5.74) is 0.607. The Morgan fingerprint density at radius 2 is 2.05 bits per heavy atom. The van der Waals surface area contributed by atoms with Crippen LogP contribution in [0.1, 0.15) is 25.8 Å². The molecule has 0 saturated heterocycles. The molecule has 0 unspecified atom stereocenters. The van der Waals surface area contributed by atoms with E-state index in [1.807, 2.05) is 13.8 Å². The Bertz CT molecular complexity index is 477. The standard InChI is InChI=1S/C14H19FN2O3/c1-9(2)6-12(13(18)19)17-14(20)16-8-10-4-3-5-11(15)7-10/h3-5,7,9,12H,6,8H2,1-2H3,(H,18,19)(H2,16,17,20)/t12-/m0/s1. The van der Waals surface area contributed by atoms with Gasteiger partial charge in [-0.1, -0.05) is 26.0 Å². The largest absolute Gasteiger partial charge is 0.480 e. The van der Waals surface area contributed by atoms with Crippen molar-refractivity contribution in [2.45, 2.75) is 32.9 Å². The van der Waals surface area contributed by atoms with Crippen molar-refractivity contribution in [1.29, 1.82) is 0 Å². The molecule has 1 rings (SSSR count). The van der Waals surface area contributed by atoms with E-state index in [1.54, 1.807) is 12.1 Å². The Hall–Kier alpha value is -2.11. The predicted octanol–water partition coefficient (Wildman–Crippen LogP) is 2.12. The molecule has 0 bridgehead atoms. The molecule has 0 fully saturated rings. The molecule has 0 aliphatic heterocycles. The first kappa shape index (κ1) is 15.9. The van der Waals surface area contributed by atoms with Crippen molar-refractivity contribution in [3.05, 3.63) is 35.6 Å². The van der Waals surface area contributed by atoms with Gasteiger partial charge >= 0.3 is 12.0 Å². The summed E-state index contributed by atoms with van der Waals surface area (Å²) < 4.78 is 12.9. The van der Waals surface area contributed by atoms with Crippen molar-refractivity contribution in [3.8, 4) is 0 Å². The Morgan fingerprint density at radius 3 is 2.60 bits per heavy atom. The third-order valence-electron chi connectivity index (χ3n) is 2.65. The number of halogens is 1. The molecular formula is C14H19FN2O3. The van der Waals surface area contributed by atoms with Crippen LogP contribution in [-0.4, -0.2) is 23.1 Å². The Labute approximate surface area is 117 Å². The molecular weight excluding hydrogens is 263 g/mol. The molecule has 5 nitrogen and oxygen atoms in total. The van der Waals surface area contributed by atoms with E-state index in [0.717, 1.165) is 0 Å². The van der Waals surface area contributed by atoms with E-state index in [4.69, 9.17) is 5.11 Å². The van der Waals surface area contributed by atoms with Crippen molar-refractivity contribution in [3.63, 3.8) is 0 Å². The summed E-state index contributed by atoms with van der Waals surface area (Å²) in [5, 5.41) is 13.9. The third-order valence-corrected chi connectivity index (χ3v) is 2.65. The highest BCUT2D eigenvalue weighted by Gasteiger charge is 2.20. The minimum absolute atomic E-state index is 0.137. The van der Waals surface area contributed by atoms with Crippen molar-refractivity contribution in [2.24, 2.45) is 5.92 Å². The van der Waals surface area contributed by atoms with Gasteiger partial charge in [-0.15, -0.1) is 0 Å². The maximum absolute atomic E-state index is 12.9. The van der Waals surface area contributed by atoms with Crippen LogP contribution in [0, 0.1) is 11.7 Å². The zero-order valence-corrected chi connectivity index (χ0v) is 11.5. The number of hydrogen-bond acceptors (Lipinski definition) is 2. The molecule has 1 atom stereocenters. The molecule has 1 aromatic carbocycles. The summed E-state index contributed by atoms with van der Waals surface area (Å²) in [7, 11) is 0. The van der Waals surface area contributed by atoms with Crippen molar-refractivity contribution in [2.75, 3.05) is 0 Å². The molecule has 0 radical (unpaired) electrons. The van der Waals surface area contributed by atoms with Crippen LogP contribution in [0.15, 0.2) is 24.3 Å². The lowest BCUT2D eigenvalue weighted by Gasteiger charge is -2.16. The summed E-state index contributed by atoms with van der Waals surface area (Å²) in [6.07, 6.45) is 0.350. The van der Waals surface area contributed by atoms with Crippen LogP contribution in [0.25, 0.3) is 0 Å². The molecule has 1 aromatic rings. The van der Waals surface area contributed by atoms with Gasteiger partial charge in [0.1, 0.15) is 11.9 Å². The number of carbonyl (C=O) groups is 2. The smallest absolute Gasteiger partial charge is 0.326 e. The lowest BCUT2D eigenvalue weighted by molar-refractivity contribution is -0.139. The first-order chi connectivity index (χ1) is 9.38. The molecule has 2 amide bonds. The molecule has 0 aliphatic rings. The monoisotopic (exact) mass is 282 g/mol. The first-order valence-electron chi connectivity index (χ1n) is 6.40. The Kier molecular flexibility index (Phi) is 5.96. The second-order valence-corrected chi connectivity index (χ2v) is 4.98. The molecule has 110 valence electrons. The average Bonchev–Trinajstić information content (AvgIpc) is 2.35. The topological polar surface area (TPSA) is 78.4 Å². The van der Waals surface area contributed by atoms with Crippen molar-refractivity contribution >= 4 is 12.0 Å². The predicted molar refractivity (Wildman–Crippen MR) is 72.7 cm³/mol. The SMILES string of the molecule is CC(C)C[C@H](NC(=O)NCc1cccc(F)c1)C(=O)O. The van der Waals surface area contributed by atoms with Gasteiger partial charge in [0.05, 0.1) is 0 Å². The number of carbonyl (C=O) groups excluding carboxylic acids is 1. The normalized spacial score (nSPS) is 12.0. The quantitative estimate of drug-likeness (QED) is 0.748. The number of aliphatic carboxylic acids is 1. The van der Waals surface area contributed by atoms with E-state index < -0.39 is 18.0 Å². The summed E-state index contributed by atoms with van der Waals surface area (Å²) in [6.45, 7) is 3.89. The highest BCUT2D eigenvalue weighted by Crippen LogP contribution is 2.05. The highest BCUT2D eigenvalue weighted by atomic mass is 19.1. The van der Waals surface area contributed by atoms with Gasteiger partial charge in [0, 0.05) is 6.54 Å². The zero-order valence-electron chi connectivity index (χ0n) is 11.5. The van der Waals surface area contributed by atoms with Crippen LogP contribution in [-0.2, 0) is 11.3 Å². The van der Waals surface area contributed by atoms with Crippen molar-refractivity contribution in [1.82, 2.24) is 10.6 Å². The average molecular weight is 282 g/mol. The molecule has 0 heterocycles. The second kappa shape index (κ2) is 7.47. The van der Waals surface area contributed by atoms with Crippen LogP contribution in [0.2, 0.25) is 0 Å². The van der Waals surface area contributed by atoms with E-state index in [2.05, 4.69) is 10.6 Å². The van der Waals surface area contributed by atoms with Gasteiger partial charge in [-0.2, -0.15) is 0 Å². The van der Waals surface area contributed by atoms with Crippen LogP contribution < -0.4 is 10.6 Å². The molecule has 3 N–H and O–H groups in total. The maximum Gasteiger partial charge on any atom is 0.326 e. The fourth-order valence-electron chi connectivity index (χ4n) is 1.73. The van der Waals surface area contributed by atoms with Crippen LogP contribution in [0.3, 0.4) is 0 Å². The van der Waals surface area contributed by atoms with Gasteiger partial charge < -0.3 is 15.7 Å². The van der Waals surface area contributed by atoms with E-state index >= 15 is 0 Å². The lowest BCUT2D eigenvalue weighted by Crippen LogP contribution is -2.46. The molecule has 0 aliphatic carbocycles. The van der Waals surface area contributed by atoms with Crippen LogP contribution >= 0.6 is 0 Å². The van der Waals surface area contributed by atoms with Gasteiger partial charge in [-0.05, 0) is 30.0 Å². The highest BCUT2D eigenvalue weighted by molar-refractivity contribution is 5.82. The summed E-state index contributed by atoms with van der Waals surface area (Å²) >= 11 is 0. The van der Waals surface area contributed by atoms with Gasteiger partial charge in [-0.25, -0.2) is 14.0 Å². The van der Waals surface area contributed by atoms with Crippen LogP contribution in [0.5, 0.6) is 0 Å². The summed E-state index contributed by atoms with van der Waals surface area (Å²) in [6, 6.07) is 4.33. The number of carboxylic acid groups (broad SMARTS) is 1. The maximum atomic E-state index is 12.9. The van der Waals surface area contributed by atoms with E-state index in [9.17, 15) is 14.0 Å². The molecule has 6 heteroatoms. The summed E-state index contributed by atoms with van der Waals surface area (Å²) in [5.74, 6) is -1.30. The molecule has 0 aromatic heterocycles. The molecule has 0 spiro atoms. The minimum atomic E-state index is -1.07. The molecule has 0 saturated carbocycles. The zero-order chi connectivity index (χ0) is 15.1. The molecule has 20 heavy (non-hydrogen) atoms. The van der Waals surface area contributed by atoms with Crippen molar-refractivity contribution < 1.29 is 19.1 Å². The number of amides is 2. The number of hydrogen-bond donors (Lipinski definition) is 3. The number of carboxylic acids is 1. The lowest BCUT2D eigenvalue weighted by atomic mass is 10.0.